The largest absolute Gasteiger partial charge is 0.378 e. The summed E-state index contributed by atoms with van der Waals surface area (Å²) in [6.45, 7) is 2.15. The van der Waals surface area contributed by atoms with Crippen molar-refractivity contribution < 1.29 is 4.79 Å². The molecule has 1 N–H and O–H groups in total. The van der Waals surface area contributed by atoms with Crippen molar-refractivity contribution >= 4 is 17.3 Å². The summed E-state index contributed by atoms with van der Waals surface area (Å²) in [6, 6.07) is 29.2. The molecule has 142 valence electrons. The van der Waals surface area contributed by atoms with Gasteiger partial charge in [0.05, 0.1) is 6.04 Å². The molecule has 0 aromatic heterocycles. The average molecular weight is 370 g/mol. The minimum absolute atomic E-state index is 0.152. The molecule has 2 atom stereocenters. The lowest BCUT2D eigenvalue weighted by Gasteiger charge is -2.40. The van der Waals surface area contributed by atoms with Gasteiger partial charge in [0.15, 0.2) is 0 Å². The molecule has 0 aliphatic carbocycles. The number of para-hydroxylation sites is 2. The third kappa shape index (κ3) is 3.94. The first-order chi connectivity index (χ1) is 13.7. The molecule has 0 bridgehead atoms. The quantitative estimate of drug-likeness (QED) is 0.634. The number of carbonyl (C=O) groups excluding carboxylic acids is 1. The highest BCUT2D eigenvalue weighted by Crippen LogP contribution is 2.39. The molecule has 0 saturated heterocycles. The first-order valence-electron chi connectivity index (χ1n) is 9.99. The predicted octanol–water partition coefficient (Wildman–Crippen LogP) is 5.60. The van der Waals surface area contributed by atoms with E-state index >= 15 is 0 Å². The molecule has 1 amide bonds. The summed E-state index contributed by atoms with van der Waals surface area (Å²) in [6.07, 6.45) is 2.19. The molecular weight excluding hydrogens is 344 g/mol. The number of amides is 1. The van der Waals surface area contributed by atoms with Crippen LogP contribution < -0.4 is 10.2 Å². The topological polar surface area (TPSA) is 32.3 Å². The first kappa shape index (κ1) is 18.3. The molecule has 1 aliphatic heterocycles. The van der Waals surface area contributed by atoms with Gasteiger partial charge in [0.25, 0.3) is 0 Å². The second kappa shape index (κ2) is 8.30. The van der Waals surface area contributed by atoms with Crippen LogP contribution in [0.3, 0.4) is 0 Å². The van der Waals surface area contributed by atoms with Gasteiger partial charge >= 0.3 is 0 Å². The summed E-state index contributed by atoms with van der Waals surface area (Å²) in [5, 5.41) is 3.65. The van der Waals surface area contributed by atoms with Gasteiger partial charge in [-0.05, 0) is 49.1 Å². The maximum atomic E-state index is 13.1. The minimum Gasteiger partial charge on any atom is -0.378 e. The van der Waals surface area contributed by atoms with Gasteiger partial charge in [-0.1, -0.05) is 66.7 Å². The van der Waals surface area contributed by atoms with Crippen molar-refractivity contribution in [3.05, 3.63) is 96.1 Å². The van der Waals surface area contributed by atoms with E-state index in [1.54, 1.807) is 0 Å². The maximum absolute atomic E-state index is 13.1. The highest BCUT2D eigenvalue weighted by molar-refractivity contribution is 5.95. The molecule has 0 fully saturated rings. The molecule has 3 nitrogen and oxygen atoms in total. The molecule has 3 heteroatoms. The zero-order valence-electron chi connectivity index (χ0n) is 16.2. The summed E-state index contributed by atoms with van der Waals surface area (Å²) in [7, 11) is 0. The SMILES string of the molecule is C[C@H]1C[C@@H](Nc2ccccc2)c2ccccc2N1C(=O)CCc1ccccc1. The van der Waals surface area contributed by atoms with E-state index in [0.29, 0.717) is 6.42 Å². The molecule has 0 spiro atoms. The number of carbonyl (C=O) groups is 1. The van der Waals surface area contributed by atoms with Crippen LogP contribution in [0.25, 0.3) is 0 Å². The third-order valence-corrected chi connectivity index (χ3v) is 5.44. The van der Waals surface area contributed by atoms with Crippen LogP contribution in [-0.4, -0.2) is 11.9 Å². The lowest BCUT2D eigenvalue weighted by molar-refractivity contribution is -0.119. The van der Waals surface area contributed by atoms with Gasteiger partial charge in [0.1, 0.15) is 0 Å². The normalized spacial score (nSPS) is 18.4. The predicted molar refractivity (Wildman–Crippen MR) is 116 cm³/mol. The van der Waals surface area contributed by atoms with Gasteiger partial charge in [0, 0.05) is 23.8 Å². The fraction of sp³-hybridized carbons (Fsp3) is 0.240. The number of fused-ring (bicyclic) bond motifs is 1. The Kier molecular flexibility index (Phi) is 5.43. The van der Waals surface area contributed by atoms with Crippen molar-refractivity contribution in [1.29, 1.82) is 0 Å². The molecule has 1 heterocycles. The number of hydrogen-bond donors (Lipinski definition) is 1. The van der Waals surface area contributed by atoms with Gasteiger partial charge < -0.3 is 10.2 Å². The monoisotopic (exact) mass is 370 g/mol. The molecular formula is C25H26N2O. The van der Waals surface area contributed by atoms with Gasteiger partial charge in [-0.2, -0.15) is 0 Å². The molecule has 3 aromatic rings. The van der Waals surface area contributed by atoms with Crippen LogP contribution in [0.1, 0.15) is 36.9 Å². The Balaban J connectivity index is 1.54. The molecule has 0 saturated carbocycles. The van der Waals surface area contributed by atoms with Crippen LogP contribution in [0.4, 0.5) is 11.4 Å². The number of nitrogens with zero attached hydrogens (tertiary/aromatic N) is 1. The Labute approximate surface area is 167 Å². The lowest BCUT2D eigenvalue weighted by atomic mass is 9.91. The number of aryl methyl sites for hydroxylation is 1. The number of rotatable bonds is 5. The van der Waals surface area contributed by atoms with Gasteiger partial charge in [-0.3, -0.25) is 4.79 Å². The molecule has 3 aromatic carbocycles. The van der Waals surface area contributed by atoms with Crippen LogP contribution in [0, 0.1) is 0 Å². The summed E-state index contributed by atoms with van der Waals surface area (Å²) >= 11 is 0. The van der Waals surface area contributed by atoms with Crippen molar-refractivity contribution in [2.24, 2.45) is 0 Å². The molecule has 28 heavy (non-hydrogen) atoms. The third-order valence-electron chi connectivity index (χ3n) is 5.44. The van der Waals surface area contributed by atoms with E-state index in [0.717, 1.165) is 24.2 Å². The average Bonchev–Trinajstić information content (AvgIpc) is 2.74. The van der Waals surface area contributed by atoms with Crippen LogP contribution in [-0.2, 0) is 11.2 Å². The molecule has 4 rings (SSSR count). The molecule has 0 radical (unpaired) electrons. The highest BCUT2D eigenvalue weighted by atomic mass is 16.2. The number of benzene rings is 3. The van der Waals surface area contributed by atoms with Crippen molar-refractivity contribution in [3.63, 3.8) is 0 Å². The van der Waals surface area contributed by atoms with Crippen LogP contribution in [0.5, 0.6) is 0 Å². The fourth-order valence-corrected chi connectivity index (χ4v) is 4.08. The number of anilines is 2. The van der Waals surface area contributed by atoms with Crippen LogP contribution >= 0.6 is 0 Å². The second-order valence-electron chi connectivity index (χ2n) is 7.46. The van der Waals surface area contributed by atoms with E-state index in [1.807, 2.05) is 47.4 Å². The Morgan fingerprint density at radius 3 is 2.32 bits per heavy atom. The Bertz CT molecular complexity index is 924. The van der Waals surface area contributed by atoms with E-state index in [9.17, 15) is 4.79 Å². The zero-order valence-corrected chi connectivity index (χ0v) is 16.2. The molecule has 1 aliphatic rings. The standard InChI is InChI=1S/C25H26N2O/c1-19-18-23(26-21-12-6-3-7-13-21)22-14-8-9-15-24(22)27(19)25(28)17-16-20-10-4-2-5-11-20/h2-15,19,23,26H,16-18H2,1H3/t19-,23+/m0/s1. The zero-order chi connectivity index (χ0) is 19.3. The Morgan fingerprint density at radius 2 is 1.57 bits per heavy atom. The van der Waals surface area contributed by atoms with E-state index in [2.05, 4.69) is 54.7 Å². The Morgan fingerprint density at radius 1 is 0.929 bits per heavy atom. The highest BCUT2D eigenvalue weighted by Gasteiger charge is 2.33. The lowest BCUT2D eigenvalue weighted by Crippen LogP contribution is -2.44. The van der Waals surface area contributed by atoms with E-state index < -0.39 is 0 Å². The van der Waals surface area contributed by atoms with E-state index in [4.69, 9.17) is 0 Å². The van der Waals surface area contributed by atoms with Crippen molar-refractivity contribution in [3.8, 4) is 0 Å². The summed E-state index contributed by atoms with van der Waals surface area (Å²) in [5.41, 5.74) is 4.54. The van der Waals surface area contributed by atoms with E-state index in [-0.39, 0.29) is 18.0 Å². The number of hydrogen-bond acceptors (Lipinski definition) is 2. The van der Waals surface area contributed by atoms with Crippen molar-refractivity contribution in [2.75, 3.05) is 10.2 Å². The van der Waals surface area contributed by atoms with Gasteiger partial charge in [0.2, 0.25) is 5.91 Å². The maximum Gasteiger partial charge on any atom is 0.227 e. The van der Waals surface area contributed by atoms with Crippen molar-refractivity contribution in [2.45, 2.75) is 38.3 Å². The number of nitrogens with one attached hydrogen (secondary N) is 1. The Hall–Kier alpha value is -3.07. The van der Waals surface area contributed by atoms with Gasteiger partial charge in [-0.15, -0.1) is 0 Å². The second-order valence-corrected chi connectivity index (χ2v) is 7.46. The first-order valence-corrected chi connectivity index (χ1v) is 9.99. The minimum atomic E-state index is 0.152. The van der Waals surface area contributed by atoms with Crippen molar-refractivity contribution in [1.82, 2.24) is 0 Å². The van der Waals surface area contributed by atoms with Crippen LogP contribution in [0.15, 0.2) is 84.9 Å². The van der Waals surface area contributed by atoms with E-state index in [1.165, 1.54) is 11.1 Å². The van der Waals surface area contributed by atoms with Gasteiger partial charge in [-0.25, -0.2) is 0 Å². The molecule has 0 unspecified atom stereocenters. The van der Waals surface area contributed by atoms with Crippen LogP contribution in [0.2, 0.25) is 0 Å². The fourth-order valence-electron chi connectivity index (χ4n) is 4.08. The smallest absolute Gasteiger partial charge is 0.227 e. The summed E-state index contributed by atoms with van der Waals surface area (Å²) in [5.74, 6) is 0.196. The summed E-state index contributed by atoms with van der Waals surface area (Å²) in [4.78, 5) is 15.1. The summed E-state index contributed by atoms with van der Waals surface area (Å²) < 4.78 is 0.